The van der Waals surface area contributed by atoms with E-state index in [1.165, 1.54) is 10.9 Å². The summed E-state index contributed by atoms with van der Waals surface area (Å²) in [7, 11) is 0. The molecule has 2 aromatic heterocycles. The van der Waals surface area contributed by atoms with E-state index >= 15 is 0 Å². The predicted octanol–water partition coefficient (Wildman–Crippen LogP) is 3.30. The molecule has 2 rings (SSSR count). The summed E-state index contributed by atoms with van der Waals surface area (Å²) < 4.78 is 30.2. The topological polar surface area (TPSA) is 67.9 Å². The number of halogens is 1. The highest BCUT2D eigenvalue weighted by Gasteiger charge is 2.19. The fourth-order valence-corrected chi connectivity index (χ4v) is 2.29. The van der Waals surface area contributed by atoms with Crippen LogP contribution in [-0.2, 0) is 11.4 Å². The minimum absolute atomic E-state index is 0.221. The minimum atomic E-state index is -1.28. The van der Waals surface area contributed by atoms with Crippen LogP contribution in [0.5, 0.6) is 0 Å². The average molecular weight is 309 g/mol. The van der Waals surface area contributed by atoms with Gasteiger partial charge in [0.15, 0.2) is 11.6 Å². The molecule has 2 aromatic rings. The van der Waals surface area contributed by atoms with E-state index in [0.717, 1.165) is 11.8 Å². The quantitative estimate of drug-likeness (QED) is 0.814. The molecule has 0 saturated carbocycles. The molecule has 0 aliphatic heterocycles. The molecule has 0 spiro atoms. The molecule has 21 heavy (non-hydrogen) atoms. The second-order valence-corrected chi connectivity index (χ2v) is 7.63. The molecule has 0 saturated heterocycles. The fraction of sp³-hybridized carbons (Fsp3) is 0.429. The Labute approximate surface area is 126 Å². The molecule has 0 amide bonds. The third-order valence-corrected chi connectivity index (χ3v) is 4.37. The highest BCUT2D eigenvalue weighted by Crippen LogP contribution is 2.31. The molecule has 0 fully saturated rings. The second kappa shape index (κ2) is 6.13. The lowest BCUT2D eigenvalue weighted by Crippen LogP contribution is -2.27. The van der Waals surface area contributed by atoms with Crippen molar-refractivity contribution in [1.29, 1.82) is 0 Å². The first-order valence-electron chi connectivity index (χ1n) is 6.57. The zero-order chi connectivity index (χ0) is 15.6. The molecule has 0 unspecified atom stereocenters. The zero-order valence-electron chi connectivity index (χ0n) is 12.4. The average Bonchev–Trinajstić information content (AvgIpc) is 2.84. The van der Waals surface area contributed by atoms with Crippen molar-refractivity contribution in [1.82, 2.24) is 14.8 Å². The Morgan fingerprint density at radius 2 is 2.05 bits per heavy atom. The molecular formula is C14H18FN4OS-. The van der Waals surface area contributed by atoms with Crippen LogP contribution in [0.2, 0.25) is 0 Å². The van der Waals surface area contributed by atoms with E-state index in [1.807, 2.05) is 33.8 Å². The van der Waals surface area contributed by atoms with Crippen LogP contribution >= 0.6 is 0 Å². The highest BCUT2D eigenvalue weighted by molar-refractivity contribution is 7.95. The first kappa shape index (κ1) is 15.9. The number of hydrogen-bond donors (Lipinski definition) is 0. The zero-order valence-corrected chi connectivity index (χ0v) is 13.3. The van der Waals surface area contributed by atoms with Gasteiger partial charge in [-0.2, -0.15) is 5.10 Å². The van der Waals surface area contributed by atoms with Crippen LogP contribution in [0, 0.1) is 5.82 Å². The van der Waals surface area contributed by atoms with Gasteiger partial charge in [-0.15, -0.1) is 11.4 Å². The molecule has 114 valence electrons. The van der Waals surface area contributed by atoms with Crippen LogP contribution in [0.25, 0.3) is 10.5 Å². The third kappa shape index (κ3) is 4.03. The van der Waals surface area contributed by atoms with Crippen LogP contribution in [-0.4, -0.2) is 24.1 Å². The van der Waals surface area contributed by atoms with Crippen molar-refractivity contribution >= 4 is 11.4 Å². The molecule has 0 aliphatic carbocycles. The number of aromatic nitrogens is 3. The van der Waals surface area contributed by atoms with E-state index in [9.17, 15) is 8.94 Å². The van der Waals surface area contributed by atoms with Gasteiger partial charge in [-0.1, -0.05) is 19.0 Å². The lowest BCUT2D eigenvalue weighted by molar-refractivity contribution is 0.563. The molecule has 0 aliphatic rings. The fourth-order valence-electron chi connectivity index (χ4n) is 1.57. The molecular weight excluding hydrogens is 291 g/mol. The normalized spacial score (nSPS) is 15.0. The maximum absolute atomic E-state index is 12.9. The summed E-state index contributed by atoms with van der Waals surface area (Å²) in [6, 6.07) is 3.34. The van der Waals surface area contributed by atoms with Crippen LogP contribution in [0.1, 0.15) is 39.3 Å². The van der Waals surface area contributed by atoms with Crippen molar-refractivity contribution in [2.75, 3.05) is 0 Å². The molecule has 0 aromatic carbocycles. The maximum Gasteiger partial charge on any atom is 0.161 e. The van der Waals surface area contributed by atoms with Crippen LogP contribution in [0.3, 0.4) is 0 Å². The maximum atomic E-state index is 12.9. The van der Waals surface area contributed by atoms with Gasteiger partial charge < -0.3 is 9.27 Å². The second-order valence-electron chi connectivity index (χ2n) is 5.70. The first-order chi connectivity index (χ1) is 9.77. The van der Waals surface area contributed by atoms with Gasteiger partial charge in [0, 0.05) is 6.20 Å². The summed E-state index contributed by atoms with van der Waals surface area (Å²) >= 11 is -1.28. The van der Waals surface area contributed by atoms with Gasteiger partial charge in [-0.3, -0.25) is 0 Å². The summed E-state index contributed by atoms with van der Waals surface area (Å²) in [5.74, 6) is 0.108. The van der Waals surface area contributed by atoms with Gasteiger partial charge in [0.25, 0.3) is 0 Å². The van der Waals surface area contributed by atoms with Crippen molar-refractivity contribution in [2.45, 2.75) is 38.5 Å². The van der Waals surface area contributed by atoms with Gasteiger partial charge >= 0.3 is 0 Å². The third-order valence-electron chi connectivity index (χ3n) is 2.82. The molecule has 0 N–H and O–H groups in total. The van der Waals surface area contributed by atoms with E-state index in [2.05, 4.69) is 14.8 Å². The number of pyridine rings is 1. The molecule has 0 radical (unpaired) electrons. The Morgan fingerprint density at radius 3 is 2.52 bits per heavy atom. The van der Waals surface area contributed by atoms with Crippen molar-refractivity contribution in [3.8, 4) is 5.82 Å². The number of rotatable bonds is 4. The molecule has 0 bridgehead atoms. The smallest absolute Gasteiger partial charge is 0.161 e. The van der Waals surface area contributed by atoms with E-state index in [0.29, 0.717) is 5.82 Å². The summed E-state index contributed by atoms with van der Waals surface area (Å²) in [6.45, 7) is 7.51. The van der Waals surface area contributed by atoms with Crippen molar-refractivity contribution in [3.63, 3.8) is 0 Å². The van der Waals surface area contributed by atoms with Gasteiger partial charge in [-0.05, 0) is 32.4 Å². The van der Waals surface area contributed by atoms with Crippen molar-refractivity contribution < 1.29 is 8.94 Å². The van der Waals surface area contributed by atoms with Gasteiger partial charge in [0.2, 0.25) is 0 Å². The summed E-state index contributed by atoms with van der Waals surface area (Å²) in [6.07, 6.45) is 4.02. The van der Waals surface area contributed by atoms with Crippen LogP contribution < -0.4 is 0 Å². The van der Waals surface area contributed by atoms with E-state index < -0.39 is 17.2 Å². The molecule has 7 heteroatoms. The Bertz CT molecular complexity index is 594. The van der Waals surface area contributed by atoms with E-state index in [4.69, 9.17) is 0 Å². The van der Waals surface area contributed by atoms with Gasteiger partial charge in [-0.25, -0.2) is 14.1 Å². The Morgan fingerprint density at radius 1 is 1.33 bits per heavy atom. The standard InChI is InChI=1S/C14H18FN4OS/c1-10(18-21(20)14(2,3)4)11-5-6-13(16-7-11)19-9-12(15)8-17-19/h5-10H,1-4H3/q-1/t10-,21+/m1/s1. The monoisotopic (exact) mass is 309 g/mol. The molecule has 2 heterocycles. The highest BCUT2D eigenvalue weighted by atomic mass is 32.2. The number of hydrogen-bond acceptors (Lipinski definition) is 3. The lowest BCUT2D eigenvalue weighted by Gasteiger charge is -2.38. The Balaban J connectivity index is 2.08. The summed E-state index contributed by atoms with van der Waals surface area (Å²) in [4.78, 5) is 4.23. The molecule has 2 atom stereocenters. The Hall–Kier alpha value is -1.44. The minimum Gasteiger partial charge on any atom is -0.627 e. The first-order valence-corrected chi connectivity index (χ1v) is 7.67. The van der Waals surface area contributed by atoms with E-state index in [-0.39, 0.29) is 10.8 Å². The van der Waals surface area contributed by atoms with Gasteiger partial charge in [0.05, 0.1) is 12.4 Å². The van der Waals surface area contributed by atoms with Gasteiger partial charge in [0.1, 0.15) is 4.75 Å². The van der Waals surface area contributed by atoms with Crippen molar-refractivity contribution in [2.24, 2.45) is 0 Å². The summed E-state index contributed by atoms with van der Waals surface area (Å²) in [5, 5.41) is 3.85. The SMILES string of the molecule is C[C@@H]([N-][S@@+]([O-])C(C)(C)C)c1ccc(-n2cc(F)cn2)nc1. The number of nitrogens with zero attached hydrogens (tertiary/aromatic N) is 4. The molecule has 5 nitrogen and oxygen atoms in total. The Kier molecular flexibility index (Phi) is 4.65. The van der Waals surface area contributed by atoms with Crippen molar-refractivity contribution in [3.05, 3.63) is 46.8 Å². The van der Waals surface area contributed by atoms with E-state index in [1.54, 1.807) is 12.3 Å². The predicted molar refractivity (Wildman–Crippen MR) is 81.0 cm³/mol. The summed E-state index contributed by atoms with van der Waals surface area (Å²) in [5.41, 5.74) is 0.851. The lowest BCUT2D eigenvalue weighted by atomic mass is 10.1. The van der Waals surface area contributed by atoms with Crippen LogP contribution in [0.4, 0.5) is 4.39 Å². The van der Waals surface area contributed by atoms with Crippen LogP contribution in [0.15, 0.2) is 30.7 Å². The largest absolute Gasteiger partial charge is 0.627 e.